The van der Waals surface area contributed by atoms with Gasteiger partial charge in [-0.2, -0.15) is 17.6 Å². The zero-order chi connectivity index (χ0) is 41.7. The molecule has 4 aromatic carbocycles. The molecule has 0 heterocycles. The lowest BCUT2D eigenvalue weighted by molar-refractivity contribution is -0.0505. The Morgan fingerprint density at radius 3 is 1.00 bits per heavy atom. The standard InChI is InChI=1S/C27H36F2O.C26H34F2O/c1-2-3-4-5-6-21-7-9-22(10-8-21)11-12-23-13-15-24(16-14-23)25-17-19-26(20-18-25)30-27(28)29;1-2-3-4-5-20-6-8-21(9-7-20)10-11-22-12-14-23(15-13-22)24-16-18-25(19-17-24)29-26(27)28/h13-22,27H,2-12H2,1H3;12-21,26H,2-11H2,1H3. The van der Waals surface area contributed by atoms with Crippen molar-refractivity contribution in [2.24, 2.45) is 23.7 Å². The SMILES string of the molecule is CCCCCC1CCC(CCc2ccc(-c3ccc(OC(F)F)cc3)cc2)CC1.CCCCCCC1CCC(CCc2ccc(-c3ccc(OC(F)F)cc3)cc2)CC1. The van der Waals surface area contributed by atoms with Crippen molar-refractivity contribution in [3.63, 3.8) is 0 Å². The van der Waals surface area contributed by atoms with Crippen LogP contribution in [-0.2, 0) is 12.8 Å². The van der Waals surface area contributed by atoms with Crippen LogP contribution in [0.1, 0.15) is 147 Å². The summed E-state index contributed by atoms with van der Waals surface area (Å²) >= 11 is 0. The summed E-state index contributed by atoms with van der Waals surface area (Å²) < 4.78 is 57.9. The molecule has 2 aliphatic rings. The van der Waals surface area contributed by atoms with Crippen LogP contribution in [0, 0.1) is 23.7 Å². The minimum absolute atomic E-state index is 0.195. The minimum Gasteiger partial charge on any atom is -0.435 e. The molecular formula is C53H70F4O2. The second kappa shape index (κ2) is 25.7. The van der Waals surface area contributed by atoms with Gasteiger partial charge in [0, 0.05) is 0 Å². The van der Waals surface area contributed by atoms with Gasteiger partial charge in [0.2, 0.25) is 0 Å². The number of halogens is 4. The Balaban J connectivity index is 0.000000224. The van der Waals surface area contributed by atoms with Crippen molar-refractivity contribution in [3.05, 3.63) is 108 Å². The summed E-state index contributed by atoms with van der Waals surface area (Å²) in [5.74, 6) is 4.13. The van der Waals surface area contributed by atoms with E-state index >= 15 is 0 Å². The molecule has 2 fully saturated rings. The number of ether oxygens (including phenoxy) is 2. The minimum atomic E-state index is -2.78. The topological polar surface area (TPSA) is 18.5 Å². The molecule has 2 saturated carbocycles. The maximum atomic E-state index is 12.3. The van der Waals surface area contributed by atoms with Gasteiger partial charge in [0.1, 0.15) is 11.5 Å². The largest absolute Gasteiger partial charge is 0.435 e. The zero-order valence-electron chi connectivity index (χ0n) is 35.9. The molecule has 322 valence electrons. The van der Waals surface area contributed by atoms with E-state index in [-0.39, 0.29) is 11.5 Å². The Morgan fingerprint density at radius 2 is 0.678 bits per heavy atom. The van der Waals surface area contributed by atoms with Crippen LogP contribution in [-0.4, -0.2) is 13.2 Å². The first-order valence-electron chi connectivity index (χ1n) is 23.1. The summed E-state index contributed by atoms with van der Waals surface area (Å²) in [6, 6.07) is 31.0. The van der Waals surface area contributed by atoms with E-state index in [4.69, 9.17) is 0 Å². The molecule has 59 heavy (non-hydrogen) atoms. The van der Waals surface area contributed by atoms with Gasteiger partial charge in [-0.1, -0.05) is 196 Å². The van der Waals surface area contributed by atoms with Crippen molar-refractivity contribution in [2.75, 3.05) is 0 Å². The van der Waals surface area contributed by atoms with Crippen molar-refractivity contribution in [1.29, 1.82) is 0 Å². The van der Waals surface area contributed by atoms with Crippen molar-refractivity contribution in [1.82, 2.24) is 0 Å². The molecule has 0 saturated heterocycles. The van der Waals surface area contributed by atoms with Gasteiger partial charge in [0.25, 0.3) is 0 Å². The average Bonchev–Trinajstić information content (AvgIpc) is 3.25. The van der Waals surface area contributed by atoms with Crippen molar-refractivity contribution in [2.45, 2.75) is 162 Å². The second-order valence-corrected chi connectivity index (χ2v) is 17.4. The zero-order valence-corrected chi connectivity index (χ0v) is 35.9. The van der Waals surface area contributed by atoms with Crippen molar-refractivity contribution < 1.29 is 27.0 Å². The van der Waals surface area contributed by atoms with Gasteiger partial charge in [-0.05, 0) is 107 Å². The van der Waals surface area contributed by atoms with E-state index in [1.165, 1.54) is 133 Å². The van der Waals surface area contributed by atoms with Gasteiger partial charge in [-0.25, -0.2) is 0 Å². The summed E-state index contributed by atoms with van der Waals surface area (Å²) in [4.78, 5) is 0. The molecule has 4 aromatic rings. The molecule has 6 heteroatoms. The fraction of sp³-hybridized carbons (Fsp3) is 0.547. The number of hydrogen-bond donors (Lipinski definition) is 0. The first-order chi connectivity index (χ1) is 28.8. The molecule has 6 rings (SSSR count). The van der Waals surface area contributed by atoms with E-state index in [9.17, 15) is 17.6 Å². The smallest absolute Gasteiger partial charge is 0.387 e. The van der Waals surface area contributed by atoms with Crippen LogP contribution in [0.2, 0.25) is 0 Å². The maximum Gasteiger partial charge on any atom is 0.387 e. The molecule has 2 aliphatic carbocycles. The molecule has 2 nitrogen and oxygen atoms in total. The third-order valence-electron chi connectivity index (χ3n) is 13.0. The number of aryl methyl sites for hydroxylation is 2. The fourth-order valence-corrected chi connectivity index (χ4v) is 9.29. The Labute approximate surface area is 353 Å². The highest BCUT2D eigenvalue weighted by atomic mass is 19.3. The number of rotatable bonds is 21. The summed E-state index contributed by atoms with van der Waals surface area (Å²) in [5.41, 5.74) is 7.01. The number of alkyl halides is 4. The molecule has 0 N–H and O–H groups in total. The predicted molar refractivity (Wildman–Crippen MR) is 237 cm³/mol. The van der Waals surface area contributed by atoms with Crippen LogP contribution in [0.3, 0.4) is 0 Å². The van der Waals surface area contributed by atoms with Crippen molar-refractivity contribution >= 4 is 0 Å². The number of benzene rings is 4. The molecule has 0 radical (unpaired) electrons. The fourth-order valence-electron chi connectivity index (χ4n) is 9.29. The van der Waals surface area contributed by atoms with Gasteiger partial charge in [-0.15, -0.1) is 0 Å². The monoisotopic (exact) mass is 815 g/mol. The van der Waals surface area contributed by atoms with Crippen LogP contribution < -0.4 is 9.47 Å². The van der Waals surface area contributed by atoms with E-state index in [1.54, 1.807) is 24.3 Å². The van der Waals surface area contributed by atoms with Crippen LogP contribution in [0.4, 0.5) is 17.6 Å². The van der Waals surface area contributed by atoms with Crippen LogP contribution in [0.15, 0.2) is 97.1 Å². The highest BCUT2D eigenvalue weighted by molar-refractivity contribution is 5.65. The molecule has 0 aliphatic heterocycles. The third-order valence-corrected chi connectivity index (χ3v) is 13.0. The number of unbranched alkanes of at least 4 members (excludes halogenated alkanes) is 5. The third kappa shape index (κ3) is 17.0. The Morgan fingerprint density at radius 1 is 0.390 bits per heavy atom. The maximum absolute atomic E-state index is 12.3. The molecule has 0 aromatic heterocycles. The summed E-state index contributed by atoms with van der Waals surface area (Å²) in [6.45, 7) is -0.998. The highest BCUT2D eigenvalue weighted by Crippen LogP contribution is 2.36. The van der Waals surface area contributed by atoms with Gasteiger partial charge in [-0.3, -0.25) is 0 Å². The normalized spacial score (nSPS) is 19.3. The van der Waals surface area contributed by atoms with Crippen LogP contribution in [0.25, 0.3) is 22.3 Å². The van der Waals surface area contributed by atoms with Gasteiger partial charge >= 0.3 is 13.2 Å². The van der Waals surface area contributed by atoms with Crippen LogP contribution >= 0.6 is 0 Å². The summed E-state index contributed by atoms with van der Waals surface area (Å²) in [6.07, 6.45) is 28.8. The van der Waals surface area contributed by atoms with Gasteiger partial charge in [0.05, 0.1) is 0 Å². The van der Waals surface area contributed by atoms with E-state index in [0.29, 0.717) is 0 Å². The lowest BCUT2D eigenvalue weighted by atomic mass is 9.77. The summed E-state index contributed by atoms with van der Waals surface area (Å²) in [5, 5.41) is 0. The van der Waals surface area contributed by atoms with Crippen LogP contribution in [0.5, 0.6) is 11.5 Å². The van der Waals surface area contributed by atoms with Gasteiger partial charge in [0.15, 0.2) is 0 Å². The lowest BCUT2D eigenvalue weighted by Gasteiger charge is -2.28. The molecule has 0 spiro atoms. The van der Waals surface area contributed by atoms with E-state index in [0.717, 1.165) is 58.8 Å². The van der Waals surface area contributed by atoms with E-state index in [1.807, 2.05) is 24.3 Å². The molecule has 0 unspecified atom stereocenters. The van der Waals surface area contributed by atoms with Crippen molar-refractivity contribution in [3.8, 4) is 33.8 Å². The molecular weight excluding hydrogens is 745 g/mol. The molecule has 0 bridgehead atoms. The first-order valence-corrected chi connectivity index (χ1v) is 23.1. The Bertz CT molecular complexity index is 1670. The highest BCUT2D eigenvalue weighted by Gasteiger charge is 2.22. The lowest BCUT2D eigenvalue weighted by Crippen LogP contribution is -2.15. The van der Waals surface area contributed by atoms with E-state index < -0.39 is 13.2 Å². The summed E-state index contributed by atoms with van der Waals surface area (Å²) in [7, 11) is 0. The Hall–Kier alpha value is -3.80. The number of hydrogen-bond acceptors (Lipinski definition) is 2. The quantitative estimate of drug-likeness (QED) is 0.0616. The van der Waals surface area contributed by atoms with Gasteiger partial charge < -0.3 is 9.47 Å². The first kappa shape index (κ1) is 46.3. The Kier molecular flexibility index (Phi) is 20.2. The average molecular weight is 815 g/mol. The second-order valence-electron chi connectivity index (χ2n) is 17.4. The molecule has 0 amide bonds. The van der Waals surface area contributed by atoms with E-state index in [2.05, 4.69) is 71.9 Å². The predicted octanol–water partition coefficient (Wildman–Crippen LogP) is 16.9. The molecule has 0 atom stereocenters.